The number of hydrogen-bond donors (Lipinski definition) is 4. The number of sulfonamides is 1. The lowest BCUT2D eigenvalue weighted by atomic mass is 10.1. The number of piperazine rings is 1. The van der Waals surface area contributed by atoms with Gasteiger partial charge in [0.05, 0.1) is 5.52 Å². The fraction of sp³-hybridized carbons (Fsp3) is 0.250. The smallest absolute Gasteiger partial charge is 0.269 e. The molecule has 0 radical (unpaired) electrons. The number of nitrogens with one attached hydrogen (secondary N) is 2. The van der Waals surface area contributed by atoms with Gasteiger partial charge in [-0.25, -0.2) is 18.5 Å². The molecule has 1 amide bonds. The third-order valence-corrected chi connectivity index (χ3v) is 5.35. The molecule has 1 aliphatic heterocycles. The maximum atomic E-state index is 11.8. The van der Waals surface area contributed by atoms with E-state index in [-0.39, 0.29) is 10.7 Å². The highest BCUT2D eigenvalue weighted by Gasteiger charge is 2.21. The summed E-state index contributed by atoms with van der Waals surface area (Å²) in [6.45, 7) is 3.56. The van der Waals surface area contributed by atoms with Crippen molar-refractivity contribution in [2.75, 3.05) is 31.1 Å². The molecule has 6 N–H and O–H groups in total. The van der Waals surface area contributed by atoms with Crippen molar-refractivity contribution >= 4 is 43.4 Å². The van der Waals surface area contributed by atoms with Crippen LogP contribution in [-0.4, -0.2) is 50.5 Å². The maximum absolute atomic E-state index is 11.8. The van der Waals surface area contributed by atoms with Crippen LogP contribution in [0.4, 0.5) is 5.69 Å². The molecule has 0 unspecified atom stereocenters. The summed E-state index contributed by atoms with van der Waals surface area (Å²) in [5.41, 5.74) is 7.42. The van der Waals surface area contributed by atoms with Gasteiger partial charge in [0.15, 0.2) is 10.7 Å². The molecule has 1 saturated heterocycles. The van der Waals surface area contributed by atoms with E-state index in [9.17, 15) is 13.2 Å². The van der Waals surface area contributed by atoms with Gasteiger partial charge in [-0.2, -0.15) is 0 Å². The molecule has 0 saturated carbocycles. The predicted octanol–water partition coefficient (Wildman–Crippen LogP) is -0.128. The van der Waals surface area contributed by atoms with Crippen LogP contribution in [0.15, 0.2) is 29.3 Å². The molecular weight excluding hydrogens is 356 g/mol. The van der Waals surface area contributed by atoms with Gasteiger partial charge in [0, 0.05) is 48.2 Å². The minimum atomic E-state index is -4.08. The predicted molar refractivity (Wildman–Crippen MR) is 98.6 cm³/mol. The average molecular weight is 374 g/mol. The molecule has 10 heteroatoms. The van der Waals surface area contributed by atoms with E-state index in [1.54, 1.807) is 0 Å². The van der Waals surface area contributed by atoms with Crippen LogP contribution in [0.25, 0.3) is 21.8 Å². The number of carbonyl (C=O) groups is 1. The molecular formula is C16H18N6O3S. The fourth-order valence-corrected chi connectivity index (χ4v) is 3.80. The van der Waals surface area contributed by atoms with Crippen LogP contribution in [0.1, 0.15) is 10.5 Å². The Morgan fingerprint density at radius 3 is 2.54 bits per heavy atom. The van der Waals surface area contributed by atoms with Crippen molar-refractivity contribution < 1.29 is 13.2 Å². The minimum Gasteiger partial charge on any atom is -0.369 e. The summed E-state index contributed by atoms with van der Waals surface area (Å²) in [4.78, 5) is 21.0. The van der Waals surface area contributed by atoms with E-state index in [0.29, 0.717) is 10.9 Å². The Balaban J connectivity index is 1.99. The zero-order valence-electron chi connectivity index (χ0n) is 13.8. The van der Waals surface area contributed by atoms with Crippen molar-refractivity contribution in [3.05, 3.63) is 30.0 Å². The van der Waals surface area contributed by atoms with E-state index < -0.39 is 15.9 Å². The Morgan fingerprint density at radius 2 is 1.88 bits per heavy atom. The summed E-state index contributed by atoms with van der Waals surface area (Å²) >= 11 is 0. The van der Waals surface area contributed by atoms with Crippen LogP contribution < -0.4 is 21.1 Å². The Labute approximate surface area is 149 Å². The van der Waals surface area contributed by atoms with Gasteiger partial charge in [-0.05, 0) is 24.3 Å². The van der Waals surface area contributed by atoms with E-state index in [4.69, 9.17) is 10.9 Å². The minimum absolute atomic E-state index is 0.147. The number of primary sulfonamides is 1. The van der Waals surface area contributed by atoms with Gasteiger partial charge in [-0.15, -0.1) is 0 Å². The second kappa shape index (κ2) is 5.94. The van der Waals surface area contributed by atoms with E-state index in [0.717, 1.165) is 42.8 Å². The third-order valence-electron chi connectivity index (χ3n) is 4.56. The summed E-state index contributed by atoms with van der Waals surface area (Å²) in [5.74, 6) is -0.825. The van der Waals surface area contributed by atoms with Gasteiger partial charge in [-0.1, -0.05) is 0 Å². The molecule has 1 aromatic carbocycles. The highest BCUT2D eigenvalue weighted by molar-refractivity contribution is 7.89. The van der Waals surface area contributed by atoms with Gasteiger partial charge >= 0.3 is 0 Å². The Bertz CT molecular complexity index is 1130. The number of nitrogens with zero attached hydrogens (tertiary/aromatic N) is 2. The topological polar surface area (TPSA) is 147 Å². The average Bonchev–Trinajstić information content (AvgIpc) is 2.98. The number of amides is 1. The molecule has 1 aliphatic rings. The number of hydrogen-bond acceptors (Lipinski definition) is 6. The number of rotatable bonds is 3. The number of pyridine rings is 1. The maximum Gasteiger partial charge on any atom is 0.269 e. The Hall–Kier alpha value is -2.69. The number of benzene rings is 1. The van der Waals surface area contributed by atoms with E-state index in [1.807, 2.05) is 18.2 Å². The lowest BCUT2D eigenvalue weighted by Crippen LogP contribution is -2.43. The van der Waals surface area contributed by atoms with Crippen molar-refractivity contribution in [3.63, 3.8) is 0 Å². The van der Waals surface area contributed by atoms with Crippen LogP contribution in [0, 0.1) is 0 Å². The van der Waals surface area contributed by atoms with Gasteiger partial charge in [0.2, 0.25) is 0 Å². The number of carbonyl (C=O) groups excluding carboxylic acids is 1. The number of anilines is 1. The first-order valence-electron chi connectivity index (χ1n) is 8.09. The Kier molecular flexibility index (Phi) is 3.83. The van der Waals surface area contributed by atoms with Crippen molar-refractivity contribution in [1.29, 1.82) is 0 Å². The van der Waals surface area contributed by atoms with Crippen LogP contribution in [0.5, 0.6) is 0 Å². The van der Waals surface area contributed by atoms with Crippen molar-refractivity contribution in [1.82, 2.24) is 15.3 Å². The zero-order chi connectivity index (χ0) is 18.5. The number of nitrogens with two attached hydrogens (primary N) is 2. The molecule has 1 fully saturated rings. The second-order valence-electron chi connectivity index (χ2n) is 6.23. The van der Waals surface area contributed by atoms with Gasteiger partial charge < -0.3 is 20.9 Å². The second-order valence-corrected chi connectivity index (χ2v) is 7.74. The lowest BCUT2D eigenvalue weighted by Gasteiger charge is -2.29. The van der Waals surface area contributed by atoms with Crippen molar-refractivity contribution in [2.24, 2.45) is 10.9 Å². The molecule has 136 valence electrons. The normalized spacial score (nSPS) is 15.7. The summed E-state index contributed by atoms with van der Waals surface area (Å²) < 4.78 is 23.5. The molecule has 26 heavy (non-hydrogen) atoms. The highest BCUT2D eigenvalue weighted by atomic mass is 32.2. The first-order chi connectivity index (χ1) is 12.3. The lowest BCUT2D eigenvalue weighted by molar-refractivity contribution is 0.0996. The van der Waals surface area contributed by atoms with Gasteiger partial charge in [0.25, 0.3) is 15.9 Å². The summed E-state index contributed by atoms with van der Waals surface area (Å²) in [5, 5.41) is 9.46. The third kappa shape index (κ3) is 2.77. The highest BCUT2D eigenvalue weighted by Crippen LogP contribution is 2.31. The molecule has 4 rings (SSSR count). The summed E-state index contributed by atoms with van der Waals surface area (Å²) in [7, 11) is -4.08. The van der Waals surface area contributed by atoms with Crippen LogP contribution >= 0.6 is 0 Å². The first-order valence-corrected chi connectivity index (χ1v) is 9.64. The van der Waals surface area contributed by atoms with Gasteiger partial charge in [0.1, 0.15) is 0 Å². The zero-order valence-corrected chi connectivity index (χ0v) is 14.6. The first kappa shape index (κ1) is 16.8. The summed E-state index contributed by atoms with van der Waals surface area (Å²) in [6.07, 6.45) is 0. The van der Waals surface area contributed by atoms with E-state index >= 15 is 0 Å². The largest absolute Gasteiger partial charge is 0.369 e. The number of aromatic nitrogens is 2. The van der Waals surface area contributed by atoms with Crippen molar-refractivity contribution in [2.45, 2.75) is 5.03 Å². The molecule has 3 aromatic rings. The molecule has 0 atom stereocenters. The fourth-order valence-electron chi connectivity index (χ4n) is 3.30. The van der Waals surface area contributed by atoms with Crippen molar-refractivity contribution in [3.8, 4) is 0 Å². The Morgan fingerprint density at radius 1 is 1.15 bits per heavy atom. The van der Waals surface area contributed by atoms with E-state index in [1.165, 1.54) is 6.07 Å². The van der Waals surface area contributed by atoms with E-state index in [2.05, 4.69) is 20.2 Å². The monoisotopic (exact) mass is 374 g/mol. The van der Waals surface area contributed by atoms with Crippen LogP contribution in [0.2, 0.25) is 0 Å². The quantitative estimate of drug-likeness (QED) is 0.502. The molecule has 0 bridgehead atoms. The molecule has 2 aromatic heterocycles. The molecule has 3 heterocycles. The van der Waals surface area contributed by atoms with Crippen LogP contribution in [-0.2, 0) is 10.0 Å². The van der Waals surface area contributed by atoms with Gasteiger partial charge in [-0.3, -0.25) is 4.79 Å². The standard InChI is InChI=1S/C16H18N6O3S/c17-16(23)15-14-11(8-13(21-15)26(18,24)25)10-7-9(1-2-12(10)20-14)22-5-3-19-4-6-22/h1-2,7-8,19-20H,3-6H2,(H2,17,23)(H2,18,24,25). The molecule has 0 spiro atoms. The number of fused-ring (bicyclic) bond motifs is 3. The SMILES string of the molecule is NC(=O)c1nc(S(N)(=O)=O)cc2c1[nH]c1ccc(N3CCNCC3)cc12. The number of aromatic amines is 1. The molecule has 0 aliphatic carbocycles. The number of primary amides is 1. The number of H-pyrrole nitrogens is 1. The van der Waals surface area contributed by atoms with Crippen LogP contribution in [0.3, 0.4) is 0 Å². The molecule has 9 nitrogen and oxygen atoms in total. The summed E-state index contributed by atoms with van der Waals surface area (Å²) in [6, 6.07) is 7.23.